The zero-order valence-electron chi connectivity index (χ0n) is 13.5. The van der Waals surface area contributed by atoms with Gasteiger partial charge in [0.25, 0.3) is 0 Å². The average Bonchev–Trinajstić information content (AvgIpc) is 3.21. The van der Waals surface area contributed by atoms with Crippen LogP contribution in [0.2, 0.25) is 5.02 Å². The smallest absolute Gasteiger partial charge is 0.136 e. The van der Waals surface area contributed by atoms with Gasteiger partial charge in [-0.3, -0.25) is 5.10 Å². The first-order valence-electron chi connectivity index (χ1n) is 7.91. The predicted molar refractivity (Wildman–Crippen MR) is 97.3 cm³/mol. The lowest BCUT2D eigenvalue weighted by Gasteiger charge is -2.10. The minimum Gasteiger partial charge on any atom is -0.306 e. The van der Waals surface area contributed by atoms with Crippen molar-refractivity contribution in [3.8, 4) is 22.4 Å². The van der Waals surface area contributed by atoms with Crippen molar-refractivity contribution in [1.29, 1.82) is 0 Å². The summed E-state index contributed by atoms with van der Waals surface area (Å²) in [5.41, 5.74) is 6.28. The zero-order valence-corrected chi connectivity index (χ0v) is 14.2. The Hall–Kier alpha value is -2.59. The number of aromatic amines is 1. The number of benzene rings is 1. The molecule has 0 aliphatic rings. The fourth-order valence-corrected chi connectivity index (χ4v) is 3.08. The first-order chi connectivity index (χ1) is 11.6. The molecule has 120 valence electrons. The van der Waals surface area contributed by atoms with Gasteiger partial charge >= 0.3 is 0 Å². The standard InChI is InChI=1S/C19H17ClN4/c1-12(2)18-17(14-5-8-16-21-9-10-24(16)11-14)19(23-22-18)13-3-6-15(20)7-4-13/h3-12H,1-2H3,(H,22,23). The summed E-state index contributed by atoms with van der Waals surface area (Å²) in [6.07, 6.45) is 5.85. The van der Waals surface area contributed by atoms with E-state index in [1.54, 1.807) is 6.20 Å². The second kappa shape index (κ2) is 5.80. The van der Waals surface area contributed by atoms with Gasteiger partial charge in [-0.15, -0.1) is 0 Å². The number of H-pyrrole nitrogens is 1. The molecule has 0 amide bonds. The number of halogens is 1. The monoisotopic (exact) mass is 336 g/mol. The van der Waals surface area contributed by atoms with Gasteiger partial charge in [-0.05, 0) is 30.2 Å². The van der Waals surface area contributed by atoms with Crippen LogP contribution < -0.4 is 0 Å². The van der Waals surface area contributed by atoms with Crippen LogP contribution in [0.3, 0.4) is 0 Å². The summed E-state index contributed by atoms with van der Waals surface area (Å²) in [5, 5.41) is 8.53. The second-order valence-corrected chi connectivity index (χ2v) is 6.57. The van der Waals surface area contributed by atoms with Crippen LogP contribution in [0.15, 0.2) is 55.0 Å². The van der Waals surface area contributed by atoms with Crippen molar-refractivity contribution in [2.24, 2.45) is 0 Å². The summed E-state index contributed by atoms with van der Waals surface area (Å²) in [6, 6.07) is 11.9. The molecule has 0 aliphatic heterocycles. The molecule has 0 aliphatic carbocycles. The fourth-order valence-electron chi connectivity index (χ4n) is 2.95. The molecule has 4 aromatic rings. The maximum absolute atomic E-state index is 6.03. The third-order valence-electron chi connectivity index (χ3n) is 4.17. The lowest BCUT2D eigenvalue weighted by Crippen LogP contribution is -1.93. The van der Waals surface area contributed by atoms with E-state index in [1.807, 2.05) is 40.9 Å². The Morgan fingerprint density at radius 2 is 1.79 bits per heavy atom. The van der Waals surface area contributed by atoms with Crippen LogP contribution >= 0.6 is 11.6 Å². The molecular formula is C19H17ClN4. The SMILES string of the molecule is CC(C)c1[nH]nc(-c2ccc(Cl)cc2)c1-c1ccc2nccn2c1. The number of imidazole rings is 1. The van der Waals surface area contributed by atoms with E-state index in [9.17, 15) is 0 Å². The molecule has 0 radical (unpaired) electrons. The van der Waals surface area contributed by atoms with Crippen molar-refractivity contribution in [3.63, 3.8) is 0 Å². The van der Waals surface area contributed by atoms with Crippen LogP contribution in [0.5, 0.6) is 0 Å². The van der Waals surface area contributed by atoms with E-state index < -0.39 is 0 Å². The van der Waals surface area contributed by atoms with Crippen LogP contribution in [-0.2, 0) is 0 Å². The Balaban J connectivity index is 1.94. The van der Waals surface area contributed by atoms with Crippen molar-refractivity contribution >= 4 is 17.2 Å². The van der Waals surface area contributed by atoms with Crippen molar-refractivity contribution < 1.29 is 0 Å². The second-order valence-electron chi connectivity index (χ2n) is 6.13. The zero-order chi connectivity index (χ0) is 16.7. The van der Waals surface area contributed by atoms with E-state index in [2.05, 4.69) is 41.3 Å². The molecule has 4 rings (SSSR count). The molecule has 0 spiro atoms. The summed E-state index contributed by atoms with van der Waals surface area (Å²) in [4.78, 5) is 4.31. The quantitative estimate of drug-likeness (QED) is 0.561. The maximum Gasteiger partial charge on any atom is 0.136 e. The Kier molecular flexibility index (Phi) is 3.62. The van der Waals surface area contributed by atoms with Gasteiger partial charge < -0.3 is 4.40 Å². The van der Waals surface area contributed by atoms with Crippen LogP contribution in [-0.4, -0.2) is 19.6 Å². The van der Waals surface area contributed by atoms with E-state index in [4.69, 9.17) is 11.6 Å². The first-order valence-corrected chi connectivity index (χ1v) is 8.28. The van der Waals surface area contributed by atoms with Crippen LogP contribution in [0, 0.1) is 0 Å². The molecule has 0 atom stereocenters. The molecule has 0 saturated heterocycles. The molecular weight excluding hydrogens is 320 g/mol. The van der Waals surface area contributed by atoms with Gasteiger partial charge in [-0.2, -0.15) is 5.10 Å². The van der Waals surface area contributed by atoms with Gasteiger partial charge in [0.1, 0.15) is 11.3 Å². The average molecular weight is 337 g/mol. The first kappa shape index (κ1) is 15.0. The van der Waals surface area contributed by atoms with Gasteiger partial charge in [0.15, 0.2) is 0 Å². The topological polar surface area (TPSA) is 46.0 Å². The van der Waals surface area contributed by atoms with Gasteiger partial charge in [-0.1, -0.05) is 37.6 Å². The van der Waals surface area contributed by atoms with E-state index in [0.29, 0.717) is 5.92 Å². The molecule has 24 heavy (non-hydrogen) atoms. The van der Waals surface area contributed by atoms with Crippen molar-refractivity contribution in [3.05, 3.63) is 65.7 Å². The third-order valence-corrected chi connectivity index (χ3v) is 4.42. The minimum atomic E-state index is 0.340. The fraction of sp³-hybridized carbons (Fsp3) is 0.158. The van der Waals surface area contributed by atoms with E-state index in [0.717, 1.165) is 38.7 Å². The molecule has 1 aromatic carbocycles. The van der Waals surface area contributed by atoms with Gasteiger partial charge in [0, 0.05) is 46.0 Å². The predicted octanol–water partition coefficient (Wildman–Crippen LogP) is 5.17. The molecule has 3 aromatic heterocycles. The number of rotatable bonds is 3. The highest BCUT2D eigenvalue weighted by Gasteiger charge is 2.19. The molecule has 0 unspecified atom stereocenters. The van der Waals surface area contributed by atoms with E-state index in [1.165, 1.54) is 0 Å². The largest absolute Gasteiger partial charge is 0.306 e. The number of nitrogens with one attached hydrogen (secondary N) is 1. The third kappa shape index (κ3) is 2.49. The van der Waals surface area contributed by atoms with Crippen LogP contribution in [0.25, 0.3) is 28.0 Å². The highest BCUT2D eigenvalue weighted by atomic mass is 35.5. The molecule has 0 saturated carbocycles. The molecule has 3 heterocycles. The van der Waals surface area contributed by atoms with E-state index >= 15 is 0 Å². The molecule has 4 nitrogen and oxygen atoms in total. The number of hydrogen-bond acceptors (Lipinski definition) is 2. The normalized spacial score (nSPS) is 11.5. The summed E-state index contributed by atoms with van der Waals surface area (Å²) >= 11 is 6.03. The van der Waals surface area contributed by atoms with Crippen LogP contribution in [0.4, 0.5) is 0 Å². The van der Waals surface area contributed by atoms with Gasteiger partial charge in [-0.25, -0.2) is 4.98 Å². The summed E-state index contributed by atoms with van der Waals surface area (Å²) in [7, 11) is 0. The van der Waals surface area contributed by atoms with E-state index in [-0.39, 0.29) is 0 Å². The minimum absolute atomic E-state index is 0.340. The Bertz CT molecular complexity index is 996. The molecule has 5 heteroatoms. The Morgan fingerprint density at radius 3 is 2.54 bits per heavy atom. The molecule has 0 bridgehead atoms. The van der Waals surface area contributed by atoms with Crippen LogP contribution in [0.1, 0.15) is 25.5 Å². The Morgan fingerprint density at radius 1 is 1.04 bits per heavy atom. The number of hydrogen-bond donors (Lipinski definition) is 1. The van der Waals surface area contributed by atoms with Crippen molar-refractivity contribution in [2.75, 3.05) is 0 Å². The molecule has 1 N–H and O–H groups in total. The van der Waals surface area contributed by atoms with Crippen molar-refractivity contribution in [1.82, 2.24) is 19.6 Å². The number of aromatic nitrogens is 4. The van der Waals surface area contributed by atoms with Gasteiger partial charge in [0.05, 0.1) is 0 Å². The lowest BCUT2D eigenvalue weighted by molar-refractivity contribution is 0.812. The maximum atomic E-state index is 6.03. The number of fused-ring (bicyclic) bond motifs is 1. The summed E-state index contributed by atoms with van der Waals surface area (Å²) in [5.74, 6) is 0.340. The summed E-state index contributed by atoms with van der Waals surface area (Å²) in [6.45, 7) is 4.33. The number of nitrogens with zero attached hydrogens (tertiary/aromatic N) is 3. The lowest BCUT2D eigenvalue weighted by atomic mass is 9.95. The highest BCUT2D eigenvalue weighted by Crippen LogP contribution is 2.36. The molecule has 0 fully saturated rings. The number of pyridine rings is 1. The highest BCUT2D eigenvalue weighted by molar-refractivity contribution is 6.30. The Labute approximate surface area is 145 Å². The summed E-state index contributed by atoms with van der Waals surface area (Å²) < 4.78 is 2.03. The van der Waals surface area contributed by atoms with Gasteiger partial charge in [0.2, 0.25) is 0 Å². The van der Waals surface area contributed by atoms with Crippen molar-refractivity contribution in [2.45, 2.75) is 19.8 Å².